The normalized spacial score (nSPS) is 14.2. The molecule has 2 amide bonds. The van der Waals surface area contributed by atoms with E-state index in [0.29, 0.717) is 13.1 Å². The summed E-state index contributed by atoms with van der Waals surface area (Å²) in [7, 11) is 0. The average Bonchev–Trinajstić information content (AvgIpc) is 2.62. The summed E-state index contributed by atoms with van der Waals surface area (Å²) < 4.78 is 0. The van der Waals surface area contributed by atoms with Crippen LogP contribution < -0.4 is 10.6 Å². The third-order valence-corrected chi connectivity index (χ3v) is 4.58. The molecule has 6 nitrogen and oxygen atoms in total. The molecular weight excluding hydrogens is 316 g/mol. The first-order valence-electron chi connectivity index (χ1n) is 8.75. The second kappa shape index (κ2) is 7.61. The molecule has 0 aliphatic carbocycles. The molecule has 6 heteroatoms. The minimum Gasteiger partial charge on any atom is -0.355 e. The number of hydrogen-bond donors (Lipinski definition) is 2. The van der Waals surface area contributed by atoms with E-state index in [-0.39, 0.29) is 11.8 Å². The van der Waals surface area contributed by atoms with E-state index in [4.69, 9.17) is 4.98 Å². The number of nitrogens with one attached hydrogen (secondary N) is 2. The van der Waals surface area contributed by atoms with Crippen molar-refractivity contribution in [1.29, 1.82) is 0 Å². The van der Waals surface area contributed by atoms with Crippen LogP contribution in [-0.2, 0) is 17.8 Å². The molecule has 0 saturated heterocycles. The van der Waals surface area contributed by atoms with Crippen LogP contribution in [0.1, 0.15) is 35.5 Å². The quantitative estimate of drug-likeness (QED) is 0.809. The lowest BCUT2D eigenvalue weighted by atomic mass is 9.95. The number of para-hydroxylation sites is 1. The predicted molar refractivity (Wildman–Crippen MR) is 97.4 cm³/mol. The number of carbonyl (C=O) groups excluding carboxylic acids is 2. The minimum atomic E-state index is -0.0989. The van der Waals surface area contributed by atoms with Crippen LogP contribution in [0.5, 0.6) is 0 Å². The smallest absolute Gasteiger partial charge is 0.252 e. The summed E-state index contributed by atoms with van der Waals surface area (Å²) in [5.74, 6) is -0.197. The van der Waals surface area contributed by atoms with Gasteiger partial charge in [0.1, 0.15) is 0 Å². The summed E-state index contributed by atoms with van der Waals surface area (Å²) in [5, 5.41) is 6.51. The molecule has 0 fully saturated rings. The zero-order valence-electron chi connectivity index (χ0n) is 14.8. The summed E-state index contributed by atoms with van der Waals surface area (Å²) in [4.78, 5) is 31.0. The van der Waals surface area contributed by atoms with Crippen molar-refractivity contribution in [2.45, 2.75) is 26.8 Å². The number of rotatable bonds is 5. The highest BCUT2D eigenvalue weighted by atomic mass is 16.2. The van der Waals surface area contributed by atoms with E-state index in [1.165, 1.54) is 6.92 Å². The maximum atomic E-state index is 12.9. The molecule has 1 aliphatic rings. The van der Waals surface area contributed by atoms with Gasteiger partial charge in [-0.3, -0.25) is 19.5 Å². The largest absolute Gasteiger partial charge is 0.355 e. The Labute approximate surface area is 147 Å². The number of benzene rings is 1. The molecule has 0 unspecified atom stereocenters. The van der Waals surface area contributed by atoms with Crippen LogP contribution >= 0.6 is 0 Å². The third kappa shape index (κ3) is 3.79. The lowest BCUT2D eigenvalue weighted by Gasteiger charge is -2.29. The van der Waals surface area contributed by atoms with Crippen LogP contribution in [0.3, 0.4) is 0 Å². The van der Waals surface area contributed by atoms with Gasteiger partial charge in [0.05, 0.1) is 11.1 Å². The number of carbonyl (C=O) groups is 2. The molecule has 0 spiro atoms. The zero-order chi connectivity index (χ0) is 17.8. The molecule has 25 heavy (non-hydrogen) atoms. The first kappa shape index (κ1) is 17.4. The number of nitrogens with zero attached hydrogens (tertiary/aromatic N) is 2. The SMILES string of the molecule is CCN1CCc2nc3ccccc3c(C(=O)NCCNC(C)=O)c2C1. The van der Waals surface area contributed by atoms with Gasteiger partial charge in [-0.15, -0.1) is 0 Å². The van der Waals surface area contributed by atoms with E-state index in [2.05, 4.69) is 22.5 Å². The van der Waals surface area contributed by atoms with Crippen molar-refractivity contribution < 1.29 is 9.59 Å². The highest BCUT2D eigenvalue weighted by Gasteiger charge is 2.24. The summed E-state index contributed by atoms with van der Waals surface area (Å²) in [5.41, 5.74) is 3.64. The molecule has 2 N–H and O–H groups in total. The van der Waals surface area contributed by atoms with E-state index in [1.807, 2.05) is 24.3 Å². The fourth-order valence-corrected chi connectivity index (χ4v) is 3.28. The van der Waals surface area contributed by atoms with Crippen molar-refractivity contribution in [3.05, 3.63) is 41.1 Å². The van der Waals surface area contributed by atoms with E-state index in [0.717, 1.165) is 53.8 Å². The van der Waals surface area contributed by atoms with Gasteiger partial charge in [0.15, 0.2) is 0 Å². The minimum absolute atomic E-state index is 0.0976. The Morgan fingerprint density at radius 1 is 1.20 bits per heavy atom. The first-order valence-corrected chi connectivity index (χ1v) is 8.75. The maximum Gasteiger partial charge on any atom is 0.252 e. The molecule has 0 saturated carbocycles. The Bertz CT molecular complexity index is 803. The molecule has 0 bridgehead atoms. The van der Waals surface area contributed by atoms with E-state index in [1.54, 1.807) is 0 Å². The Morgan fingerprint density at radius 3 is 2.72 bits per heavy atom. The predicted octanol–water partition coefficient (Wildman–Crippen LogP) is 1.48. The van der Waals surface area contributed by atoms with Gasteiger partial charge in [-0.1, -0.05) is 25.1 Å². The number of hydrogen-bond acceptors (Lipinski definition) is 4. The summed E-state index contributed by atoms with van der Waals surface area (Å²) in [6.07, 6.45) is 0.861. The standard InChI is InChI=1S/C19H24N4O2/c1-3-23-11-8-17-15(12-23)18(14-6-4-5-7-16(14)22-17)19(25)21-10-9-20-13(2)24/h4-7H,3,8-12H2,1-2H3,(H,20,24)(H,21,25). The van der Waals surface area contributed by atoms with Crippen molar-refractivity contribution in [2.24, 2.45) is 0 Å². The monoisotopic (exact) mass is 340 g/mol. The van der Waals surface area contributed by atoms with Gasteiger partial charge in [-0.05, 0) is 12.6 Å². The van der Waals surface area contributed by atoms with Crippen LogP contribution in [-0.4, -0.2) is 47.9 Å². The molecule has 1 aromatic carbocycles. The van der Waals surface area contributed by atoms with E-state index in [9.17, 15) is 9.59 Å². The molecule has 3 rings (SSSR count). The fraction of sp³-hybridized carbons (Fsp3) is 0.421. The molecule has 132 valence electrons. The molecule has 0 atom stereocenters. The highest BCUT2D eigenvalue weighted by Crippen LogP contribution is 2.28. The van der Waals surface area contributed by atoms with Gasteiger partial charge >= 0.3 is 0 Å². The van der Waals surface area contributed by atoms with Crippen molar-refractivity contribution in [2.75, 3.05) is 26.2 Å². The van der Waals surface area contributed by atoms with E-state index >= 15 is 0 Å². The number of aromatic nitrogens is 1. The van der Waals surface area contributed by atoms with Crippen LogP contribution in [0, 0.1) is 0 Å². The fourth-order valence-electron chi connectivity index (χ4n) is 3.28. The summed E-state index contributed by atoms with van der Waals surface area (Å²) in [6.45, 7) is 7.10. The second-order valence-corrected chi connectivity index (χ2v) is 6.29. The third-order valence-electron chi connectivity index (χ3n) is 4.58. The lowest BCUT2D eigenvalue weighted by Crippen LogP contribution is -2.36. The Kier molecular flexibility index (Phi) is 5.28. The van der Waals surface area contributed by atoms with E-state index < -0.39 is 0 Å². The summed E-state index contributed by atoms with van der Waals surface area (Å²) >= 11 is 0. The average molecular weight is 340 g/mol. The Balaban J connectivity index is 1.94. The number of pyridine rings is 1. The van der Waals surface area contributed by atoms with Crippen molar-refractivity contribution in [3.63, 3.8) is 0 Å². The lowest BCUT2D eigenvalue weighted by molar-refractivity contribution is -0.118. The van der Waals surface area contributed by atoms with Crippen molar-refractivity contribution in [3.8, 4) is 0 Å². The molecule has 2 heterocycles. The molecular formula is C19H24N4O2. The number of amides is 2. The number of fused-ring (bicyclic) bond motifs is 2. The van der Waals surface area contributed by atoms with Gasteiger partial charge in [0, 0.05) is 56.2 Å². The highest BCUT2D eigenvalue weighted by molar-refractivity contribution is 6.07. The second-order valence-electron chi connectivity index (χ2n) is 6.29. The summed E-state index contributed by atoms with van der Waals surface area (Å²) in [6, 6.07) is 7.79. The van der Waals surface area contributed by atoms with Crippen LogP contribution in [0.2, 0.25) is 0 Å². The van der Waals surface area contributed by atoms with Crippen LogP contribution in [0.15, 0.2) is 24.3 Å². The van der Waals surface area contributed by atoms with Gasteiger partial charge in [0.25, 0.3) is 5.91 Å². The number of likely N-dealkylation sites (N-methyl/N-ethyl adjacent to an activating group) is 1. The zero-order valence-corrected chi connectivity index (χ0v) is 14.8. The molecule has 1 aliphatic heterocycles. The maximum absolute atomic E-state index is 12.9. The molecule has 1 aromatic heterocycles. The van der Waals surface area contributed by atoms with Crippen molar-refractivity contribution >= 4 is 22.7 Å². The van der Waals surface area contributed by atoms with Crippen LogP contribution in [0.4, 0.5) is 0 Å². The molecule has 0 radical (unpaired) electrons. The molecule has 2 aromatic rings. The van der Waals surface area contributed by atoms with Crippen LogP contribution in [0.25, 0.3) is 10.9 Å². The Hall–Kier alpha value is -2.47. The van der Waals surface area contributed by atoms with Crippen molar-refractivity contribution in [1.82, 2.24) is 20.5 Å². The van der Waals surface area contributed by atoms with Gasteiger partial charge in [0.2, 0.25) is 5.91 Å². The van der Waals surface area contributed by atoms with Gasteiger partial charge < -0.3 is 10.6 Å². The first-order chi connectivity index (χ1) is 12.1. The topological polar surface area (TPSA) is 74.3 Å². The van der Waals surface area contributed by atoms with Gasteiger partial charge in [-0.25, -0.2) is 0 Å². The Morgan fingerprint density at radius 2 is 1.96 bits per heavy atom. The van der Waals surface area contributed by atoms with Gasteiger partial charge in [-0.2, -0.15) is 0 Å².